The van der Waals surface area contributed by atoms with Crippen molar-refractivity contribution in [3.63, 3.8) is 0 Å². The van der Waals surface area contributed by atoms with Crippen molar-refractivity contribution in [3.8, 4) is 0 Å². The highest BCUT2D eigenvalue weighted by atomic mass is 35.5. The van der Waals surface area contributed by atoms with Crippen LogP contribution in [0.4, 0.5) is 0 Å². The Bertz CT molecular complexity index is 457. The molecule has 1 heterocycles. The summed E-state index contributed by atoms with van der Waals surface area (Å²) >= 11 is 11.1. The zero-order valence-electron chi connectivity index (χ0n) is 14.0. The van der Waals surface area contributed by atoms with Crippen molar-refractivity contribution in [2.45, 2.75) is 39.0 Å². The van der Waals surface area contributed by atoms with Crippen LogP contribution in [0.2, 0.25) is 10.0 Å². The zero-order chi connectivity index (χ0) is 17.2. The summed E-state index contributed by atoms with van der Waals surface area (Å²) in [5, 5.41) is 10.6. The number of rotatable bonds is 5. The summed E-state index contributed by atoms with van der Waals surface area (Å²) in [6.07, 6.45) is 5.11. The molecule has 3 nitrogen and oxygen atoms in total. The average molecular weight is 360 g/mol. The SMILES string of the molecule is CCCCC(C(=O)O)C1CCN(C)CC1.Clc1cccc(Cl)c1. The molecule has 1 fully saturated rings. The Morgan fingerprint density at radius 1 is 1.30 bits per heavy atom. The molecule has 1 atom stereocenters. The number of unbranched alkanes of at least 4 members (excludes halogenated alkanes) is 1. The highest BCUT2D eigenvalue weighted by molar-refractivity contribution is 6.34. The van der Waals surface area contributed by atoms with E-state index in [2.05, 4.69) is 18.9 Å². The predicted molar refractivity (Wildman–Crippen MR) is 97.3 cm³/mol. The molecule has 5 heteroatoms. The van der Waals surface area contributed by atoms with Gasteiger partial charge < -0.3 is 10.0 Å². The number of hydrogen-bond acceptors (Lipinski definition) is 2. The molecular weight excluding hydrogens is 333 g/mol. The van der Waals surface area contributed by atoms with Crippen LogP contribution in [0.1, 0.15) is 39.0 Å². The van der Waals surface area contributed by atoms with Gasteiger partial charge in [-0.1, -0.05) is 49.0 Å². The molecule has 23 heavy (non-hydrogen) atoms. The van der Waals surface area contributed by atoms with E-state index in [1.54, 1.807) is 18.2 Å². The Kier molecular flexibility index (Phi) is 9.61. The van der Waals surface area contributed by atoms with Crippen molar-refractivity contribution in [2.24, 2.45) is 11.8 Å². The van der Waals surface area contributed by atoms with E-state index in [1.807, 2.05) is 6.07 Å². The molecule has 1 saturated heterocycles. The quantitative estimate of drug-likeness (QED) is 0.783. The van der Waals surface area contributed by atoms with Crippen molar-refractivity contribution >= 4 is 29.2 Å². The first-order valence-electron chi connectivity index (χ1n) is 8.26. The van der Waals surface area contributed by atoms with Crippen LogP contribution in [0.3, 0.4) is 0 Å². The van der Waals surface area contributed by atoms with Crippen LogP contribution in [0.5, 0.6) is 0 Å². The van der Waals surface area contributed by atoms with Gasteiger partial charge in [0.2, 0.25) is 0 Å². The summed E-state index contributed by atoms with van der Waals surface area (Å²) in [4.78, 5) is 13.5. The maximum absolute atomic E-state index is 11.2. The second-order valence-corrected chi connectivity index (χ2v) is 7.04. The number of piperidine rings is 1. The van der Waals surface area contributed by atoms with Crippen molar-refractivity contribution < 1.29 is 9.90 Å². The van der Waals surface area contributed by atoms with E-state index >= 15 is 0 Å². The fourth-order valence-corrected chi connectivity index (χ4v) is 3.31. The molecular formula is C18H27Cl2NO2. The fraction of sp³-hybridized carbons (Fsp3) is 0.611. The molecule has 0 aliphatic carbocycles. The predicted octanol–water partition coefficient (Wildman–Crippen LogP) is 5.21. The Labute approximate surface area is 149 Å². The van der Waals surface area contributed by atoms with E-state index < -0.39 is 5.97 Å². The van der Waals surface area contributed by atoms with Gasteiger partial charge >= 0.3 is 5.97 Å². The minimum Gasteiger partial charge on any atom is -0.481 e. The van der Waals surface area contributed by atoms with E-state index in [0.717, 1.165) is 45.2 Å². The van der Waals surface area contributed by atoms with Crippen molar-refractivity contribution in [1.29, 1.82) is 0 Å². The molecule has 1 aliphatic rings. The van der Waals surface area contributed by atoms with Crippen LogP contribution >= 0.6 is 23.2 Å². The number of nitrogens with zero attached hydrogens (tertiary/aromatic N) is 1. The van der Waals surface area contributed by atoms with Crippen LogP contribution in [-0.4, -0.2) is 36.1 Å². The van der Waals surface area contributed by atoms with Gasteiger partial charge in [0.15, 0.2) is 0 Å². The smallest absolute Gasteiger partial charge is 0.306 e. The molecule has 0 spiro atoms. The van der Waals surface area contributed by atoms with E-state index in [0.29, 0.717) is 16.0 Å². The van der Waals surface area contributed by atoms with Crippen LogP contribution in [0.15, 0.2) is 24.3 Å². The third-order valence-corrected chi connectivity index (χ3v) is 4.77. The Morgan fingerprint density at radius 3 is 2.26 bits per heavy atom. The van der Waals surface area contributed by atoms with Crippen molar-refractivity contribution in [3.05, 3.63) is 34.3 Å². The molecule has 0 radical (unpaired) electrons. The number of carboxylic acids is 1. The van der Waals surface area contributed by atoms with E-state index in [1.165, 1.54) is 0 Å². The standard InChI is InChI=1S/C12H23NO2.C6H4Cl2/c1-3-4-5-11(12(14)15)10-6-8-13(2)9-7-10;7-5-2-1-3-6(8)4-5/h10-11H,3-9H2,1-2H3,(H,14,15);1-4H. The van der Waals surface area contributed by atoms with Crippen LogP contribution < -0.4 is 0 Å². The lowest BCUT2D eigenvalue weighted by atomic mass is 9.81. The number of likely N-dealkylation sites (tertiary alicyclic amines) is 1. The monoisotopic (exact) mass is 359 g/mol. The van der Waals surface area contributed by atoms with E-state index in [9.17, 15) is 9.90 Å². The molecule has 1 aliphatic heterocycles. The lowest BCUT2D eigenvalue weighted by Gasteiger charge is -2.32. The summed E-state index contributed by atoms with van der Waals surface area (Å²) in [6.45, 7) is 4.23. The summed E-state index contributed by atoms with van der Waals surface area (Å²) in [5.74, 6) is -0.276. The number of carbonyl (C=O) groups is 1. The molecule has 0 amide bonds. The summed E-state index contributed by atoms with van der Waals surface area (Å²) in [6, 6.07) is 7.08. The Hall–Kier alpha value is -0.770. The summed E-state index contributed by atoms with van der Waals surface area (Å²) < 4.78 is 0. The molecule has 1 unspecified atom stereocenters. The first-order valence-corrected chi connectivity index (χ1v) is 9.02. The third-order valence-electron chi connectivity index (χ3n) is 4.30. The number of benzene rings is 1. The molecule has 0 aromatic heterocycles. The van der Waals surface area contributed by atoms with Crippen LogP contribution in [0.25, 0.3) is 0 Å². The van der Waals surface area contributed by atoms with Crippen LogP contribution in [-0.2, 0) is 4.79 Å². The number of carboxylic acid groups (broad SMARTS) is 1. The van der Waals surface area contributed by atoms with Gasteiger partial charge in [0, 0.05) is 10.0 Å². The van der Waals surface area contributed by atoms with Gasteiger partial charge in [0.05, 0.1) is 5.92 Å². The Balaban J connectivity index is 0.000000277. The molecule has 0 saturated carbocycles. The minimum atomic E-state index is -0.585. The Morgan fingerprint density at radius 2 is 1.87 bits per heavy atom. The fourth-order valence-electron chi connectivity index (χ4n) is 2.88. The maximum atomic E-state index is 11.2. The molecule has 1 N–H and O–H groups in total. The van der Waals surface area contributed by atoms with E-state index in [-0.39, 0.29) is 5.92 Å². The van der Waals surface area contributed by atoms with Gasteiger partial charge in [-0.25, -0.2) is 0 Å². The van der Waals surface area contributed by atoms with Crippen molar-refractivity contribution in [1.82, 2.24) is 4.90 Å². The third kappa shape index (κ3) is 8.05. The lowest BCUT2D eigenvalue weighted by molar-refractivity contribution is -0.144. The maximum Gasteiger partial charge on any atom is 0.306 e. The zero-order valence-corrected chi connectivity index (χ0v) is 15.5. The van der Waals surface area contributed by atoms with Gasteiger partial charge in [0.1, 0.15) is 0 Å². The number of aliphatic carboxylic acids is 1. The van der Waals surface area contributed by atoms with Gasteiger partial charge in [0.25, 0.3) is 0 Å². The van der Waals surface area contributed by atoms with E-state index in [4.69, 9.17) is 23.2 Å². The minimum absolute atomic E-state index is 0.0985. The van der Waals surface area contributed by atoms with Gasteiger partial charge in [-0.2, -0.15) is 0 Å². The number of hydrogen-bond donors (Lipinski definition) is 1. The summed E-state index contributed by atoms with van der Waals surface area (Å²) in [7, 11) is 2.11. The first-order chi connectivity index (χ1) is 10.9. The van der Waals surface area contributed by atoms with Crippen LogP contribution in [0, 0.1) is 11.8 Å². The lowest BCUT2D eigenvalue weighted by Crippen LogP contribution is -2.35. The largest absolute Gasteiger partial charge is 0.481 e. The number of halogens is 2. The van der Waals surface area contributed by atoms with Gasteiger partial charge in [-0.05, 0) is 63.5 Å². The molecule has 130 valence electrons. The molecule has 2 rings (SSSR count). The topological polar surface area (TPSA) is 40.5 Å². The highest BCUT2D eigenvalue weighted by Crippen LogP contribution is 2.28. The second kappa shape index (κ2) is 10.9. The molecule has 1 aromatic carbocycles. The highest BCUT2D eigenvalue weighted by Gasteiger charge is 2.29. The van der Waals surface area contributed by atoms with Gasteiger partial charge in [-0.15, -0.1) is 0 Å². The normalized spacial score (nSPS) is 17.2. The average Bonchev–Trinajstić information content (AvgIpc) is 2.49. The summed E-state index contributed by atoms with van der Waals surface area (Å²) in [5.41, 5.74) is 0. The molecule has 1 aromatic rings. The molecule has 0 bridgehead atoms. The van der Waals surface area contributed by atoms with Crippen molar-refractivity contribution in [2.75, 3.05) is 20.1 Å². The van der Waals surface area contributed by atoms with Gasteiger partial charge in [-0.3, -0.25) is 4.79 Å². The first kappa shape index (κ1) is 20.3. The second-order valence-electron chi connectivity index (χ2n) is 6.17.